The normalized spacial score (nSPS) is 11.9. The number of methoxy groups -OCH3 is 1. The molecule has 0 aliphatic rings. The van der Waals surface area contributed by atoms with Gasteiger partial charge in [0.2, 0.25) is 5.91 Å². The Morgan fingerprint density at radius 3 is 2.85 bits per heavy atom. The van der Waals surface area contributed by atoms with Crippen molar-refractivity contribution in [2.24, 2.45) is 0 Å². The van der Waals surface area contributed by atoms with Crippen LogP contribution in [0.3, 0.4) is 0 Å². The van der Waals surface area contributed by atoms with Gasteiger partial charge in [-0.25, -0.2) is 4.79 Å². The van der Waals surface area contributed by atoms with Crippen LogP contribution >= 0.6 is 11.3 Å². The number of ether oxygens (including phenoxy) is 1. The third-order valence-electron chi connectivity index (χ3n) is 2.83. The van der Waals surface area contributed by atoms with Crippen molar-refractivity contribution in [1.82, 2.24) is 5.32 Å². The monoisotopic (exact) mass is 292 g/mol. The smallest absolute Gasteiger partial charge is 0.330 e. The van der Waals surface area contributed by atoms with E-state index in [9.17, 15) is 9.59 Å². The number of hydrogen-bond acceptors (Lipinski definition) is 5. The number of thiophene rings is 1. The van der Waals surface area contributed by atoms with Gasteiger partial charge in [0.05, 0.1) is 7.11 Å². The lowest BCUT2D eigenvalue weighted by molar-refractivity contribution is -0.144. The van der Waals surface area contributed by atoms with Gasteiger partial charge in [-0.2, -0.15) is 0 Å². The van der Waals surface area contributed by atoms with E-state index in [4.69, 9.17) is 0 Å². The molecule has 1 amide bonds. The molecule has 1 aromatic heterocycles. The Hall–Kier alpha value is -2.08. The second-order valence-corrected chi connectivity index (χ2v) is 5.28. The van der Waals surface area contributed by atoms with Crippen LogP contribution in [-0.2, 0) is 14.3 Å². The van der Waals surface area contributed by atoms with E-state index in [2.05, 4.69) is 15.4 Å². The Bertz CT molecular complexity index is 624. The standard InChI is InChI=1S/C14H16N2O3S/c1-9(17)16-12(14(18)19-2)8-15-11-3-4-13-10(7-11)5-6-20-13/h3-7,12,15H,8H2,1-2H3,(H,16,17). The summed E-state index contributed by atoms with van der Waals surface area (Å²) >= 11 is 1.68. The molecule has 0 saturated carbocycles. The average Bonchev–Trinajstić information content (AvgIpc) is 2.89. The van der Waals surface area contributed by atoms with Gasteiger partial charge in [0.25, 0.3) is 0 Å². The van der Waals surface area contributed by atoms with Crippen LogP contribution in [0.25, 0.3) is 10.1 Å². The minimum Gasteiger partial charge on any atom is -0.467 e. The fourth-order valence-corrected chi connectivity index (χ4v) is 2.65. The molecular formula is C14H16N2O3S. The topological polar surface area (TPSA) is 67.4 Å². The first-order valence-electron chi connectivity index (χ1n) is 6.16. The number of carbonyl (C=O) groups is 2. The summed E-state index contributed by atoms with van der Waals surface area (Å²) in [6, 6.07) is 7.31. The van der Waals surface area contributed by atoms with E-state index >= 15 is 0 Å². The summed E-state index contributed by atoms with van der Waals surface area (Å²) in [6.07, 6.45) is 0. The van der Waals surface area contributed by atoms with Gasteiger partial charge in [0, 0.05) is 23.9 Å². The van der Waals surface area contributed by atoms with E-state index in [1.807, 2.05) is 29.6 Å². The number of carbonyl (C=O) groups excluding carboxylic acids is 2. The summed E-state index contributed by atoms with van der Waals surface area (Å²) in [5, 5.41) is 8.87. The Morgan fingerprint density at radius 1 is 1.35 bits per heavy atom. The predicted octanol–water partition coefficient (Wildman–Crippen LogP) is 1.99. The van der Waals surface area contributed by atoms with E-state index in [0.717, 1.165) is 11.1 Å². The number of rotatable bonds is 5. The van der Waals surface area contributed by atoms with Gasteiger partial charge in [-0.3, -0.25) is 4.79 Å². The fourth-order valence-electron chi connectivity index (χ4n) is 1.88. The van der Waals surface area contributed by atoms with Crippen molar-refractivity contribution < 1.29 is 14.3 Å². The number of nitrogens with one attached hydrogen (secondary N) is 2. The minimum absolute atomic E-state index is 0.268. The van der Waals surface area contributed by atoms with Crippen LogP contribution in [-0.4, -0.2) is 31.6 Å². The zero-order valence-corrected chi connectivity index (χ0v) is 12.1. The van der Waals surface area contributed by atoms with Crippen molar-refractivity contribution in [3.63, 3.8) is 0 Å². The molecule has 1 unspecified atom stereocenters. The van der Waals surface area contributed by atoms with Crippen molar-refractivity contribution >= 4 is 39.0 Å². The number of hydrogen-bond donors (Lipinski definition) is 2. The first-order valence-corrected chi connectivity index (χ1v) is 7.04. The number of amides is 1. The van der Waals surface area contributed by atoms with Gasteiger partial charge < -0.3 is 15.4 Å². The van der Waals surface area contributed by atoms with Crippen LogP contribution < -0.4 is 10.6 Å². The summed E-state index contributed by atoms with van der Waals surface area (Å²) in [5.74, 6) is -0.736. The van der Waals surface area contributed by atoms with Crippen LogP contribution in [0.15, 0.2) is 29.6 Å². The lowest BCUT2D eigenvalue weighted by Gasteiger charge is -2.16. The molecule has 5 nitrogen and oxygen atoms in total. The van der Waals surface area contributed by atoms with Crippen LogP contribution in [0.4, 0.5) is 5.69 Å². The zero-order chi connectivity index (χ0) is 14.5. The van der Waals surface area contributed by atoms with Gasteiger partial charge in [-0.05, 0) is 35.0 Å². The molecule has 2 N–H and O–H groups in total. The van der Waals surface area contributed by atoms with Crippen molar-refractivity contribution in [2.45, 2.75) is 13.0 Å². The molecule has 0 spiro atoms. The molecule has 2 aromatic rings. The van der Waals surface area contributed by atoms with Crippen molar-refractivity contribution in [2.75, 3.05) is 19.0 Å². The Morgan fingerprint density at radius 2 is 2.15 bits per heavy atom. The van der Waals surface area contributed by atoms with Gasteiger partial charge >= 0.3 is 5.97 Å². The van der Waals surface area contributed by atoms with Crippen LogP contribution in [0, 0.1) is 0 Å². The molecule has 1 aromatic carbocycles. The van der Waals surface area contributed by atoms with Gasteiger partial charge in [0.15, 0.2) is 0 Å². The van der Waals surface area contributed by atoms with Crippen molar-refractivity contribution in [1.29, 1.82) is 0 Å². The molecule has 20 heavy (non-hydrogen) atoms. The SMILES string of the molecule is COC(=O)C(CNc1ccc2sccc2c1)NC(C)=O. The molecule has 1 atom stereocenters. The molecule has 0 aliphatic heterocycles. The van der Waals surface area contributed by atoms with E-state index in [1.165, 1.54) is 18.7 Å². The maximum Gasteiger partial charge on any atom is 0.330 e. The lowest BCUT2D eigenvalue weighted by atomic mass is 10.2. The lowest BCUT2D eigenvalue weighted by Crippen LogP contribution is -2.45. The van der Waals surface area contributed by atoms with Gasteiger partial charge in [-0.1, -0.05) is 0 Å². The predicted molar refractivity (Wildman–Crippen MR) is 79.9 cm³/mol. The van der Waals surface area contributed by atoms with E-state index in [1.54, 1.807) is 11.3 Å². The van der Waals surface area contributed by atoms with Crippen molar-refractivity contribution in [3.8, 4) is 0 Å². The van der Waals surface area contributed by atoms with E-state index < -0.39 is 12.0 Å². The Balaban J connectivity index is 2.03. The second kappa shape index (κ2) is 6.38. The maximum absolute atomic E-state index is 11.6. The molecule has 6 heteroatoms. The quantitative estimate of drug-likeness (QED) is 0.827. The molecule has 106 valence electrons. The third-order valence-corrected chi connectivity index (χ3v) is 3.72. The molecule has 0 aliphatic carbocycles. The molecule has 0 fully saturated rings. The van der Waals surface area contributed by atoms with Crippen LogP contribution in [0.1, 0.15) is 6.92 Å². The largest absolute Gasteiger partial charge is 0.467 e. The zero-order valence-electron chi connectivity index (χ0n) is 11.3. The summed E-state index contributed by atoms with van der Waals surface area (Å²) in [7, 11) is 1.30. The summed E-state index contributed by atoms with van der Waals surface area (Å²) < 4.78 is 5.88. The highest BCUT2D eigenvalue weighted by atomic mass is 32.1. The molecular weight excluding hydrogens is 276 g/mol. The van der Waals surface area contributed by atoms with Crippen molar-refractivity contribution in [3.05, 3.63) is 29.6 Å². The van der Waals surface area contributed by atoms with Crippen LogP contribution in [0.5, 0.6) is 0 Å². The number of esters is 1. The summed E-state index contributed by atoms with van der Waals surface area (Å²) in [5.41, 5.74) is 0.898. The molecule has 2 rings (SSSR count). The molecule has 0 radical (unpaired) electrons. The third kappa shape index (κ3) is 3.48. The van der Waals surface area contributed by atoms with E-state index in [-0.39, 0.29) is 12.5 Å². The summed E-state index contributed by atoms with van der Waals surface area (Å²) in [4.78, 5) is 22.6. The minimum atomic E-state index is -0.698. The average molecular weight is 292 g/mol. The molecule has 1 heterocycles. The highest BCUT2D eigenvalue weighted by Gasteiger charge is 2.19. The summed E-state index contributed by atoms with van der Waals surface area (Å²) in [6.45, 7) is 1.65. The second-order valence-electron chi connectivity index (χ2n) is 4.33. The maximum atomic E-state index is 11.6. The molecule has 0 saturated heterocycles. The highest BCUT2D eigenvalue weighted by molar-refractivity contribution is 7.17. The first-order chi connectivity index (χ1) is 9.60. The number of anilines is 1. The number of fused-ring (bicyclic) bond motifs is 1. The van der Waals surface area contributed by atoms with Crippen LogP contribution in [0.2, 0.25) is 0 Å². The Kier molecular flexibility index (Phi) is 4.57. The number of benzene rings is 1. The Labute approximate surface area is 120 Å². The van der Waals surface area contributed by atoms with E-state index in [0.29, 0.717) is 0 Å². The van der Waals surface area contributed by atoms with Gasteiger partial charge in [0.1, 0.15) is 6.04 Å². The highest BCUT2D eigenvalue weighted by Crippen LogP contribution is 2.23. The van der Waals surface area contributed by atoms with Gasteiger partial charge in [-0.15, -0.1) is 11.3 Å². The fraction of sp³-hybridized carbons (Fsp3) is 0.286. The first kappa shape index (κ1) is 14.3. The molecule has 0 bridgehead atoms.